The van der Waals surface area contributed by atoms with Crippen LogP contribution < -0.4 is 4.72 Å². The van der Waals surface area contributed by atoms with E-state index in [1.807, 2.05) is 17.5 Å². The summed E-state index contributed by atoms with van der Waals surface area (Å²) in [5, 5.41) is 11.0. The Morgan fingerprint density at radius 1 is 1.38 bits per heavy atom. The monoisotopic (exact) mass is 329 g/mol. The molecule has 114 valence electrons. The van der Waals surface area contributed by atoms with Crippen LogP contribution in [0.2, 0.25) is 0 Å². The third kappa shape index (κ3) is 3.02. The molecule has 2 aromatic rings. The Kier molecular flexibility index (Phi) is 4.22. The van der Waals surface area contributed by atoms with Gasteiger partial charge in [-0.25, -0.2) is 17.9 Å². The van der Waals surface area contributed by atoms with Gasteiger partial charge >= 0.3 is 5.97 Å². The third-order valence-electron chi connectivity index (χ3n) is 2.99. The summed E-state index contributed by atoms with van der Waals surface area (Å²) >= 11 is 1.42. The lowest BCUT2D eigenvalue weighted by Gasteiger charge is -2.12. The first-order valence-electron chi connectivity index (χ1n) is 6.13. The van der Waals surface area contributed by atoms with E-state index in [0.717, 1.165) is 4.88 Å². The second-order valence-electron chi connectivity index (χ2n) is 4.58. The van der Waals surface area contributed by atoms with E-state index in [1.54, 1.807) is 6.92 Å². The van der Waals surface area contributed by atoms with Crippen LogP contribution >= 0.6 is 11.3 Å². The Morgan fingerprint density at radius 3 is 2.57 bits per heavy atom. The third-order valence-corrected chi connectivity index (χ3v) is 5.74. The maximum Gasteiger partial charge on any atom is 0.340 e. The molecule has 0 aliphatic carbocycles. The van der Waals surface area contributed by atoms with Crippen LogP contribution in [-0.4, -0.2) is 19.5 Å². The normalized spacial score (nSPS) is 13.3. The average molecular weight is 329 g/mol. The van der Waals surface area contributed by atoms with Crippen LogP contribution in [0.1, 0.15) is 39.7 Å². The van der Waals surface area contributed by atoms with Crippen molar-refractivity contribution in [1.29, 1.82) is 0 Å². The van der Waals surface area contributed by atoms with E-state index in [9.17, 15) is 18.3 Å². The summed E-state index contributed by atoms with van der Waals surface area (Å²) in [6, 6.07) is 3.18. The lowest BCUT2D eigenvalue weighted by atomic mass is 10.2. The van der Waals surface area contributed by atoms with Gasteiger partial charge in [0.25, 0.3) is 0 Å². The zero-order valence-electron chi connectivity index (χ0n) is 11.7. The number of furan rings is 1. The lowest BCUT2D eigenvalue weighted by molar-refractivity contribution is 0.0691. The number of aromatic carboxylic acids is 1. The molecule has 2 N–H and O–H groups in total. The van der Waals surface area contributed by atoms with Gasteiger partial charge in [0, 0.05) is 4.88 Å². The van der Waals surface area contributed by atoms with Crippen molar-refractivity contribution in [2.45, 2.75) is 31.7 Å². The highest BCUT2D eigenvalue weighted by Crippen LogP contribution is 2.28. The van der Waals surface area contributed by atoms with E-state index in [1.165, 1.54) is 25.2 Å². The van der Waals surface area contributed by atoms with Crippen LogP contribution in [0.25, 0.3) is 0 Å². The highest BCUT2D eigenvalue weighted by atomic mass is 32.2. The molecule has 0 aliphatic rings. The van der Waals surface area contributed by atoms with Gasteiger partial charge in [-0.3, -0.25) is 0 Å². The maximum absolute atomic E-state index is 12.5. The lowest BCUT2D eigenvalue weighted by Crippen LogP contribution is -2.28. The zero-order valence-corrected chi connectivity index (χ0v) is 13.3. The van der Waals surface area contributed by atoms with Gasteiger partial charge in [0.2, 0.25) is 10.0 Å². The molecule has 0 aromatic carbocycles. The second kappa shape index (κ2) is 5.63. The first-order valence-corrected chi connectivity index (χ1v) is 8.49. The Hall–Kier alpha value is -1.64. The topological polar surface area (TPSA) is 96.6 Å². The van der Waals surface area contributed by atoms with Crippen molar-refractivity contribution in [2.24, 2.45) is 0 Å². The van der Waals surface area contributed by atoms with Gasteiger partial charge in [-0.1, -0.05) is 6.07 Å². The van der Waals surface area contributed by atoms with Gasteiger partial charge in [0.15, 0.2) is 0 Å². The molecule has 0 fully saturated rings. The highest BCUT2D eigenvalue weighted by molar-refractivity contribution is 7.89. The predicted molar refractivity (Wildman–Crippen MR) is 78.2 cm³/mol. The molecular formula is C13H15NO5S2. The largest absolute Gasteiger partial charge is 0.478 e. The van der Waals surface area contributed by atoms with Crippen molar-refractivity contribution in [3.63, 3.8) is 0 Å². The summed E-state index contributed by atoms with van der Waals surface area (Å²) in [7, 11) is -3.99. The Balaban J connectivity index is 2.43. The van der Waals surface area contributed by atoms with Crippen LogP contribution in [0.3, 0.4) is 0 Å². The molecule has 6 nitrogen and oxygen atoms in total. The van der Waals surface area contributed by atoms with E-state index >= 15 is 0 Å². The van der Waals surface area contributed by atoms with Crippen molar-refractivity contribution < 1.29 is 22.7 Å². The fourth-order valence-corrected chi connectivity index (χ4v) is 4.56. The minimum atomic E-state index is -3.99. The van der Waals surface area contributed by atoms with Gasteiger partial charge in [0.1, 0.15) is 22.0 Å². The number of hydrogen-bond acceptors (Lipinski definition) is 5. The molecule has 0 aliphatic heterocycles. The first-order chi connectivity index (χ1) is 9.74. The van der Waals surface area contributed by atoms with Crippen molar-refractivity contribution in [1.82, 2.24) is 4.72 Å². The highest BCUT2D eigenvalue weighted by Gasteiger charge is 2.31. The summed E-state index contributed by atoms with van der Waals surface area (Å²) in [6.45, 7) is 4.56. The van der Waals surface area contributed by atoms with Gasteiger partial charge in [-0.05, 0) is 32.2 Å². The zero-order chi connectivity index (χ0) is 15.8. The molecule has 0 spiro atoms. The van der Waals surface area contributed by atoms with Gasteiger partial charge in [0.05, 0.1) is 6.04 Å². The van der Waals surface area contributed by atoms with Crippen molar-refractivity contribution in [3.05, 3.63) is 39.5 Å². The second-order valence-corrected chi connectivity index (χ2v) is 7.21. The van der Waals surface area contributed by atoms with E-state index in [4.69, 9.17) is 4.42 Å². The quantitative estimate of drug-likeness (QED) is 0.879. The molecule has 0 bridgehead atoms. The van der Waals surface area contributed by atoms with Crippen LogP contribution in [0, 0.1) is 13.8 Å². The van der Waals surface area contributed by atoms with Crippen molar-refractivity contribution >= 4 is 27.3 Å². The molecule has 1 unspecified atom stereocenters. The summed E-state index contributed by atoms with van der Waals surface area (Å²) in [5.41, 5.74) is -0.321. The van der Waals surface area contributed by atoms with Crippen molar-refractivity contribution in [3.8, 4) is 0 Å². The van der Waals surface area contributed by atoms with E-state index in [-0.39, 0.29) is 22.0 Å². The molecule has 21 heavy (non-hydrogen) atoms. The standard InChI is InChI=1S/C13H15NO5S2/c1-7(10-5-4-6-20-10)14-21(17,18)12-9(3)19-8(2)11(12)13(15)16/h4-7,14H,1-3H3,(H,15,16). The molecular weight excluding hydrogens is 314 g/mol. The van der Waals surface area contributed by atoms with Gasteiger partial charge < -0.3 is 9.52 Å². The average Bonchev–Trinajstić information content (AvgIpc) is 2.95. The summed E-state index contributed by atoms with van der Waals surface area (Å²) in [6.07, 6.45) is 0. The number of rotatable bonds is 5. The molecule has 2 heterocycles. The number of carboxylic acid groups (broad SMARTS) is 1. The summed E-state index contributed by atoms with van der Waals surface area (Å²) < 4.78 is 32.6. The SMILES string of the molecule is Cc1oc(C)c(S(=O)(=O)NC(C)c2cccs2)c1C(=O)O. The fraction of sp³-hybridized carbons (Fsp3) is 0.308. The molecule has 0 amide bonds. The Bertz CT molecular complexity index is 759. The molecule has 0 saturated heterocycles. The Labute approximate surface area is 126 Å². The minimum absolute atomic E-state index is 0.0655. The first kappa shape index (κ1) is 15.7. The molecule has 2 rings (SSSR count). The van der Waals surface area contributed by atoms with Gasteiger partial charge in [-0.2, -0.15) is 0 Å². The number of sulfonamides is 1. The van der Waals surface area contributed by atoms with E-state index in [2.05, 4.69) is 4.72 Å². The maximum atomic E-state index is 12.5. The van der Waals surface area contributed by atoms with E-state index < -0.39 is 22.0 Å². The van der Waals surface area contributed by atoms with Crippen LogP contribution in [-0.2, 0) is 10.0 Å². The molecule has 0 radical (unpaired) electrons. The number of carboxylic acids is 1. The van der Waals surface area contributed by atoms with E-state index in [0.29, 0.717) is 0 Å². The number of nitrogens with one attached hydrogen (secondary N) is 1. The van der Waals surface area contributed by atoms with Crippen LogP contribution in [0.4, 0.5) is 0 Å². The fourth-order valence-electron chi connectivity index (χ4n) is 2.12. The minimum Gasteiger partial charge on any atom is -0.478 e. The molecule has 2 aromatic heterocycles. The number of hydrogen-bond donors (Lipinski definition) is 2. The number of carbonyl (C=O) groups is 1. The number of aryl methyl sites for hydroxylation is 2. The van der Waals surface area contributed by atoms with Crippen LogP contribution in [0.5, 0.6) is 0 Å². The smallest absolute Gasteiger partial charge is 0.340 e. The summed E-state index contributed by atoms with van der Waals surface area (Å²) in [5.74, 6) is -1.19. The van der Waals surface area contributed by atoms with Crippen molar-refractivity contribution in [2.75, 3.05) is 0 Å². The molecule has 0 saturated carbocycles. The summed E-state index contributed by atoms with van der Waals surface area (Å²) in [4.78, 5) is 11.8. The predicted octanol–water partition coefficient (Wildman–Crippen LogP) is 2.70. The molecule has 1 atom stereocenters. The van der Waals surface area contributed by atoms with Crippen LogP contribution in [0.15, 0.2) is 26.8 Å². The Morgan fingerprint density at radius 2 is 2.05 bits per heavy atom. The molecule has 8 heteroatoms. The van der Waals surface area contributed by atoms with Gasteiger partial charge in [-0.15, -0.1) is 11.3 Å². The number of thiophene rings is 1.